The Morgan fingerprint density at radius 1 is 1.35 bits per heavy atom. The molecule has 17 heavy (non-hydrogen) atoms. The van der Waals surface area contributed by atoms with Crippen LogP contribution in [0, 0.1) is 0 Å². The lowest BCUT2D eigenvalue weighted by Crippen LogP contribution is -2.36. The molecule has 0 amide bonds. The van der Waals surface area contributed by atoms with E-state index in [2.05, 4.69) is 21.9 Å². The average molecular weight is 257 g/mol. The van der Waals surface area contributed by atoms with Gasteiger partial charge in [0.15, 0.2) is 0 Å². The largest absolute Gasteiger partial charge is 0.378 e. The highest BCUT2D eigenvalue weighted by Crippen LogP contribution is 2.27. The van der Waals surface area contributed by atoms with Gasteiger partial charge >= 0.3 is 0 Å². The van der Waals surface area contributed by atoms with Crippen LogP contribution in [-0.4, -0.2) is 32.9 Å². The van der Waals surface area contributed by atoms with Gasteiger partial charge < -0.3 is 14.5 Å². The number of rotatable bonds is 4. The van der Waals surface area contributed by atoms with E-state index in [9.17, 15) is 0 Å². The summed E-state index contributed by atoms with van der Waals surface area (Å²) in [4.78, 5) is 6.81. The standard InChI is InChI=1S/C12H17ClN2O2/c13-11-9-10(3-6-17-14)1-2-12(11)15-4-7-16-8-5-15/h1-2,9H,3-8,14H2. The van der Waals surface area contributed by atoms with Gasteiger partial charge in [0, 0.05) is 13.1 Å². The summed E-state index contributed by atoms with van der Waals surface area (Å²) in [5.74, 6) is 5.01. The van der Waals surface area contributed by atoms with Crippen LogP contribution in [0.15, 0.2) is 18.2 Å². The molecular weight excluding hydrogens is 240 g/mol. The van der Waals surface area contributed by atoms with E-state index in [0.29, 0.717) is 6.61 Å². The molecule has 2 rings (SSSR count). The van der Waals surface area contributed by atoms with Gasteiger partial charge in [-0.25, -0.2) is 5.90 Å². The first-order chi connectivity index (χ1) is 8.31. The average Bonchev–Trinajstić information content (AvgIpc) is 2.37. The number of halogens is 1. The van der Waals surface area contributed by atoms with E-state index >= 15 is 0 Å². The zero-order valence-corrected chi connectivity index (χ0v) is 10.4. The minimum atomic E-state index is 0.507. The Morgan fingerprint density at radius 2 is 2.12 bits per heavy atom. The number of benzene rings is 1. The zero-order valence-electron chi connectivity index (χ0n) is 9.69. The molecule has 4 nitrogen and oxygen atoms in total. The fraction of sp³-hybridized carbons (Fsp3) is 0.500. The molecule has 1 aliphatic heterocycles. The molecule has 1 heterocycles. The Morgan fingerprint density at radius 3 is 2.76 bits per heavy atom. The quantitative estimate of drug-likeness (QED) is 0.832. The van der Waals surface area contributed by atoms with Gasteiger partial charge in [-0.05, 0) is 24.1 Å². The molecule has 1 aromatic rings. The van der Waals surface area contributed by atoms with E-state index in [1.165, 1.54) is 0 Å². The number of ether oxygens (including phenoxy) is 1. The molecule has 1 fully saturated rings. The molecule has 0 spiro atoms. The van der Waals surface area contributed by atoms with Gasteiger partial charge in [-0.3, -0.25) is 0 Å². The summed E-state index contributed by atoms with van der Waals surface area (Å²) >= 11 is 6.29. The van der Waals surface area contributed by atoms with Crippen LogP contribution in [0.4, 0.5) is 5.69 Å². The molecular formula is C12H17ClN2O2. The number of anilines is 1. The van der Waals surface area contributed by atoms with Crippen molar-refractivity contribution in [1.29, 1.82) is 0 Å². The van der Waals surface area contributed by atoms with Crippen molar-refractivity contribution in [3.63, 3.8) is 0 Å². The normalized spacial score (nSPS) is 16.2. The Bertz CT molecular complexity index is 368. The Balaban J connectivity index is 2.07. The third-order valence-electron chi connectivity index (χ3n) is 2.87. The molecule has 0 atom stereocenters. The maximum atomic E-state index is 6.29. The van der Waals surface area contributed by atoms with Crippen LogP contribution in [0.5, 0.6) is 0 Å². The van der Waals surface area contributed by atoms with Gasteiger partial charge in [0.1, 0.15) is 0 Å². The molecule has 0 saturated carbocycles. The molecule has 1 aliphatic rings. The van der Waals surface area contributed by atoms with E-state index in [4.69, 9.17) is 22.2 Å². The van der Waals surface area contributed by atoms with Crippen molar-refractivity contribution in [3.8, 4) is 0 Å². The van der Waals surface area contributed by atoms with Gasteiger partial charge in [0.05, 0.1) is 30.5 Å². The summed E-state index contributed by atoms with van der Waals surface area (Å²) in [7, 11) is 0. The van der Waals surface area contributed by atoms with Gasteiger partial charge in [-0.15, -0.1) is 0 Å². The van der Waals surface area contributed by atoms with Crippen molar-refractivity contribution in [3.05, 3.63) is 28.8 Å². The van der Waals surface area contributed by atoms with E-state index in [1.807, 2.05) is 6.07 Å². The van der Waals surface area contributed by atoms with Crippen molar-refractivity contribution in [2.75, 3.05) is 37.8 Å². The monoisotopic (exact) mass is 256 g/mol. The summed E-state index contributed by atoms with van der Waals surface area (Å²) in [6, 6.07) is 6.10. The van der Waals surface area contributed by atoms with Gasteiger partial charge in [-0.1, -0.05) is 17.7 Å². The van der Waals surface area contributed by atoms with Crippen LogP contribution in [0.3, 0.4) is 0 Å². The predicted octanol–water partition coefficient (Wildman–Crippen LogP) is 1.61. The van der Waals surface area contributed by atoms with E-state index in [-0.39, 0.29) is 0 Å². The maximum absolute atomic E-state index is 6.29. The highest BCUT2D eigenvalue weighted by Gasteiger charge is 2.14. The summed E-state index contributed by atoms with van der Waals surface area (Å²) in [5.41, 5.74) is 2.21. The molecule has 0 radical (unpaired) electrons. The molecule has 1 saturated heterocycles. The van der Waals surface area contributed by atoms with Crippen molar-refractivity contribution in [1.82, 2.24) is 0 Å². The zero-order chi connectivity index (χ0) is 12.1. The minimum Gasteiger partial charge on any atom is -0.378 e. The Kier molecular flexibility index (Phi) is 4.62. The molecule has 1 aromatic carbocycles. The van der Waals surface area contributed by atoms with Gasteiger partial charge in [0.2, 0.25) is 0 Å². The van der Waals surface area contributed by atoms with Crippen LogP contribution in [0.2, 0.25) is 5.02 Å². The third-order valence-corrected chi connectivity index (χ3v) is 3.18. The number of morpholine rings is 1. The lowest BCUT2D eigenvalue weighted by Gasteiger charge is -2.29. The lowest BCUT2D eigenvalue weighted by molar-refractivity contribution is 0.122. The molecule has 0 bridgehead atoms. The van der Waals surface area contributed by atoms with Crippen LogP contribution < -0.4 is 10.8 Å². The second-order valence-corrected chi connectivity index (χ2v) is 4.41. The van der Waals surface area contributed by atoms with Gasteiger partial charge in [-0.2, -0.15) is 0 Å². The first-order valence-corrected chi connectivity index (χ1v) is 6.12. The summed E-state index contributed by atoms with van der Waals surface area (Å²) in [6.07, 6.45) is 0.777. The van der Waals surface area contributed by atoms with Crippen molar-refractivity contribution in [2.45, 2.75) is 6.42 Å². The minimum absolute atomic E-state index is 0.507. The Labute approximate surface area is 106 Å². The fourth-order valence-electron chi connectivity index (χ4n) is 1.94. The molecule has 5 heteroatoms. The van der Waals surface area contributed by atoms with Crippen LogP contribution in [0.25, 0.3) is 0 Å². The van der Waals surface area contributed by atoms with Crippen LogP contribution in [-0.2, 0) is 16.0 Å². The number of hydrogen-bond acceptors (Lipinski definition) is 4. The number of nitrogens with zero attached hydrogens (tertiary/aromatic N) is 1. The molecule has 0 unspecified atom stereocenters. The molecule has 94 valence electrons. The summed E-state index contributed by atoms with van der Waals surface area (Å²) in [6.45, 7) is 3.82. The fourth-order valence-corrected chi connectivity index (χ4v) is 2.27. The van der Waals surface area contributed by atoms with E-state index < -0.39 is 0 Å². The molecule has 0 aliphatic carbocycles. The lowest BCUT2D eigenvalue weighted by atomic mass is 10.1. The highest BCUT2D eigenvalue weighted by molar-refractivity contribution is 6.33. The Hall–Kier alpha value is -0.810. The molecule has 0 aromatic heterocycles. The summed E-state index contributed by atoms with van der Waals surface area (Å²) in [5, 5.41) is 0.779. The van der Waals surface area contributed by atoms with Crippen LogP contribution in [0.1, 0.15) is 5.56 Å². The van der Waals surface area contributed by atoms with Crippen LogP contribution >= 0.6 is 11.6 Å². The molecule has 2 N–H and O–H groups in total. The van der Waals surface area contributed by atoms with E-state index in [0.717, 1.165) is 49.0 Å². The van der Waals surface area contributed by atoms with Crippen molar-refractivity contribution >= 4 is 17.3 Å². The predicted molar refractivity (Wildman–Crippen MR) is 68.3 cm³/mol. The second kappa shape index (κ2) is 6.21. The first kappa shape index (κ1) is 12.6. The van der Waals surface area contributed by atoms with E-state index in [1.54, 1.807) is 0 Å². The SMILES string of the molecule is NOCCc1ccc(N2CCOCC2)c(Cl)c1. The van der Waals surface area contributed by atoms with Crippen molar-refractivity contribution in [2.24, 2.45) is 5.90 Å². The number of hydrogen-bond donors (Lipinski definition) is 1. The number of nitrogens with two attached hydrogens (primary N) is 1. The smallest absolute Gasteiger partial charge is 0.0719 e. The highest BCUT2D eigenvalue weighted by atomic mass is 35.5. The third kappa shape index (κ3) is 3.33. The van der Waals surface area contributed by atoms with Crippen molar-refractivity contribution < 1.29 is 9.57 Å². The topological polar surface area (TPSA) is 47.7 Å². The first-order valence-electron chi connectivity index (χ1n) is 5.74. The second-order valence-electron chi connectivity index (χ2n) is 4.01. The van der Waals surface area contributed by atoms with Gasteiger partial charge in [0.25, 0.3) is 0 Å². The maximum Gasteiger partial charge on any atom is 0.0719 e. The summed E-state index contributed by atoms with van der Waals surface area (Å²) < 4.78 is 5.32.